The molecule has 3 aromatic rings. The first-order valence-corrected chi connectivity index (χ1v) is 10.4. The molecule has 0 spiro atoms. The van der Waals surface area contributed by atoms with Gasteiger partial charge in [0, 0.05) is 10.6 Å². The third-order valence-corrected chi connectivity index (χ3v) is 4.94. The van der Waals surface area contributed by atoms with E-state index in [-0.39, 0.29) is 32.5 Å². The van der Waals surface area contributed by atoms with Crippen molar-refractivity contribution in [3.05, 3.63) is 68.2 Å². The van der Waals surface area contributed by atoms with Crippen molar-refractivity contribution in [3.8, 4) is 5.69 Å². The van der Waals surface area contributed by atoms with Crippen molar-refractivity contribution < 1.29 is 18.3 Å². The highest BCUT2D eigenvalue weighted by Gasteiger charge is 2.24. The van der Waals surface area contributed by atoms with Gasteiger partial charge >= 0.3 is 6.09 Å². The number of nitrogens with one attached hydrogen (secondary N) is 1. The average Bonchev–Trinajstić information content (AvgIpc) is 2.65. The normalized spacial score (nSPS) is 12.8. The maximum atomic E-state index is 13.4. The van der Waals surface area contributed by atoms with E-state index in [0.29, 0.717) is 5.52 Å². The first-order valence-electron chi connectivity index (χ1n) is 9.67. The van der Waals surface area contributed by atoms with Crippen molar-refractivity contribution in [3.63, 3.8) is 0 Å². The van der Waals surface area contributed by atoms with Gasteiger partial charge in [-0.2, -0.15) is 0 Å². The van der Waals surface area contributed by atoms with Crippen molar-refractivity contribution in [2.75, 3.05) is 0 Å². The number of rotatable bonds is 4. The molecule has 0 radical (unpaired) electrons. The number of halogens is 4. The molecule has 1 heterocycles. The molecular weight excluding hydrogens is 463 g/mol. The minimum absolute atomic E-state index is 0.0164. The van der Waals surface area contributed by atoms with Crippen molar-refractivity contribution in [1.82, 2.24) is 14.9 Å². The van der Waals surface area contributed by atoms with Crippen LogP contribution in [-0.4, -0.2) is 21.2 Å². The third-order valence-electron chi connectivity index (χ3n) is 4.41. The van der Waals surface area contributed by atoms with E-state index in [9.17, 15) is 18.4 Å². The molecule has 0 saturated carbocycles. The van der Waals surface area contributed by atoms with Crippen LogP contribution in [0.4, 0.5) is 13.6 Å². The molecule has 3 rings (SSSR count). The Balaban J connectivity index is 2.24. The van der Waals surface area contributed by atoms with Gasteiger partial charge in [0.1, 0.15) is 11.4 Å². The van der Waals surface area contributed by atoms with Gasteiger partial charge in [-0.05, 0) is 58.0 Å². The highest BCUT2D eigenvalue weighted by Crippen LogP contribution is 2.28. The first-order chi connectivity index (χ1) is 14.9. The summed E-state index contributed by atoms with van der Waals surface area (Å²) in [6, 6.07) is 7.56. The van der Waals surface area contributed by atoms with Crippen LogP contribution in [0, 0.1) is 0 Å². The quantitative estimate of drug-likeness (QED) is 0.478. The Morgan fingerprint density at radius 3 is 2.50 bits per heavy atom. The van der Waals surface area contributed by atoms with Crippen LogP contribution < -0.4 is 10.9 Å². The van der Waals surface area contributed by atoms with E-state index >= 15 is 0 Å². The summed E-state index contributed by atoms with van der Waals surface area (Å²) in [5.41, 5.74) is -1.33. The van der Waals surface area contributed by atoms with Gasteiger partial charge in [-0.3, -0.25) is 9.36 Å². The van der Waals surface area contributed by atoms with Crippen molar-refractivity contribution in [1.29, 1.82) is 0 Å². The summed E-state index contributed by atoms with van der Waals surface area (Å²) in [7, 11) is 0. The number of nitrogens with zero attached hydrogens (tertiary/aromatic N) is 2. The second-order valence-corrected chi connectivity index (χ2v) is 9.00. The highest BCUT2D eigenvalue weighted by atomic mass is 35.5. The van der Waals surface area contributed by atoms with Crippen molar-refractivity contribution in [2.45, 2.75) is 45.8 Å². The monoisotopic (exact) mass is 483 g/mol. The highest BCUT2D eigenvalue weighted by molar-refractivity contribution is 6.35. The molecule has 0 bridgehead atoms. The molecule has 1 unspecified atom stereocenters. The Bertz CT molecular complexity index is 1240. The molecule has 6 nitrogen and oxygen atoms in total. The van der Waals surface area contributed by atoms with Crippen LogP contribution in [0.3, 0.4) is 0 Å². The van der Waals surface area contributed by atoms with Crippen LogP contribution in [0.1, 0.15) is 51.6 Å². The van der Waals surface area contributed by atoms with Gasteiger partial charge in [-0.15, -0.1) is 0 Å². The van der Waals surface area contributed by atoms with Gasteiger partial charge in [0.05, 0.1) is 27.7 Å². The Morgan fingerprint density at radius 1 is 1.19 bits per heavy atom. The zero-order valence-corrected chi connectivity index (χ0v) is 19.3. The van der Waals surface area contributed by atoms with Crippen molar-refractivity contribution in [2.24, 2.45) is 0 Å². The zero-order valence-electron chi connectivity index (χ0n) is 17.7. The van der Waals surface area contributed by atoms with Crippen LogP contribution in [0.25, 0.3) is 16.6 Å². The molecule has 10 heteroatoms. The molecule has 32 heavy (non-hydrogen) atoms. The molecule has 0 fully saturated rings. The fourth-order valence-corrected chi connectivity index (χ4v) is 3.64. The number of fused-ring (bicyclic) bond motifs is 1. The topological polar surface area (TPSA) is 73.2 Å². The standard InChI is InChI=1S/C22H21Cl2F2N3O3/c1-11(27-21(31)32-22(2,3)4)19-28-16-7-5-6-15(24)17(16)20(30)29(19)14-9-12(18(25)26)8-13(23)10-14/h5-11,18H,1-4H3,(H,27,31). The zero-order chi connectivity index (χ0) is 23.8. The molecule has 170 valence electrons. The molecule has 0 aliphatic heterocycles. The van der Waals surface area contributed by atoms with Gasteiger partial charge in [-0.1, -0.05) is 29.3 Å². The number of hydrogen-bond donors (Lipinski definition) is 1. The summed E-state index contributed by atoms with van der Waals surface area (Å²) in [5.74, 6) is 0.0955. The van der Waals surface area contributed by atoms with Crippen LogP contribution in [0.2, 0.25) is 10.0 Å². The lowest BCUT2D eigenvalue weighted by atomic mass is 10.1. The fraction of sp³-hybridized carbons (Fsp3) is 0.318. The number of alkyl carbamates (subject to hydrolysis) is 1. The Hall–Kier alpha value is -2.71. The lowest BCUT2D eigenvalue weighted by Gasteiger charge is -2.23. The fourth-order valence-electron chi connectivity index (χ4n) is 3.15. The van der Waals surface area contributed by atoms with Gasteiger partial charge in [0.2, 0.25) is 0 Å². The number of ether oxygens (including phenoxy) is 1. The summed E-state index contributed by atoms with van der Waals surface area (Å²) in [4.78, 5) is 30.3. The third kappa shape index (κ3) is 5.19. The number of carbonyl (C=O) groups is 1. The minimum Gasteiger partial charge on any atom is -0.444 e. The van der Waals surface area contributed by atoms with E-state index in [1.165, 1.54) is 12.1 Å². The van der Waals surface area contributed by atoms with Gasteiger partial charge < -0.3 is 10.1 Å². The molecule has 1 N–H and O–H groups in total. The Kier molecular flexibility index (Phi) is 6.76. The van der Waals surface area contributed by atoms with E-state index < -0.39 is 29.7 Å². The lowest BCUT2D eigenvalue weighted by Crippen LogP contribution is -2.37. The molecule has 1 amide bonds. The number of hydrogen-bond acceptors (Lipinski definition) is 4. The van der Waals surface area contributed by atoms with E-state index in [0.717, 1.165) is 16.7 Å². The van der Waals surface area contributed by atoms with E-state index in [4.69, 9.17) is 27.9 Å². The largest absolute Gasteiger partial charge is 0.444 e. The predicted octanol–water partition coefficient (Wildman–Crippen LogP) is 6.22. The predicted molar refractivity (Wildman–Crippen MR) is 120 cm³/mol. The number of carbonyl (C=O) groups excluding carboxylic acids is 1. The number of amides is 1. The van der Waals surface area contributed by atoms with Gasteiger partial charge in [0.25, 0.3) is 12.0 Å². The maximum absolute atomic E-state index is 13.4. The van der Waals surface area contributed by atoms with Crippen molar-refractivity contribution >= 4 is 40.2 Å². The molecular formula is C22H21Cl2F2N3O3. The lowest BCUT2D eigenvalue weighted by molar-refractivity contribution is 0.0505. The summed E-state index contributed by atoms with van der Waals surface area (Å²) in [5, 5.41) is 2.91. The van der Waals surface area contributed by atoms with E-state index in [2.05, 4.69) is 10.3 Å². The SMILES string of the molecule is CC(NC(=O)OC(C)(C)C)c1nc2cccc(Cl)c2c(=O)n1-c1cc(Cl)cc(C(F)F)c1. The molecule has 0 aliphatic rings. The molecule has 0 aliphatic carbocycles. The van der Waals surface area contributed by atoms with Crippen LogP contribution in [0.15, 0.2) is 41.2 Å². The molecule has 1 atom stereocenters. The van der Waals surface area contributed by atoms with E-state index in [1.807, 2.05) is 0 Å². The van der Waals surface area contributed by atoms with Crippen LogP contribution in [-0.2, 0) is 4.74 Å². The first kappa shape index (κ1) is 23.9. The number of alkyl halides is 2. The van der Waals surface area contributed by atoms with Gasteiger partial charge in [0.15, 0.2) is 0 Å². The molecule has 0 saturated heterocycles. The average molecular weight is 484 g/mol. The van der Waals surface area contributed by atoms with Gasteiger partial charge in [-0.25, -0.2) is 18.6 Å². The maximum Gasteiger partial charge on any atom is 0.408 e. The molecule has 1 aromatic heterocycles. The second kappa shape index (κ2) is 9.03. The summed E-state index contributed by atoms with van der Waals surface area (Å²) in [6.45, 7) is 6.72. The van der Waals surface area contributed by atoms with Crippen LogP contribution in [0.5, 0.6) is 0 Å². The number of benzene rings is 2. The number of aromatic nitrogens is 2. The summed E-state index contributed by atoms with van der Waals surface area (Å²) >= 11 is 12.3. The Morgan fingerprint density at radius 2 is 1.88 bits per heavy atom. The smallest absolute Gasteiger partial charge is 0.408 e. The Labute approximate surface area is 193 Å². The van der Waals surface area contributed by atoms with E-state index in [1.54, 1.807) is 39.8 Å². The second-order valence-electron chi connectivity index (χ2n) is 8.16. The van der Waals surface area contributed by atoms with Crippen LogP contribution >= 0.6 is 23.2 Å². The minimum atomic E-state index is -2.80. The summed E-state index contributed by atoms with van der Waals surface area (Å²) in [6.07, 6.45) is -3.53. The summed E-state index contributed by atoms with van der Waals surface area (Å²) < 4.78 is 33.2. The molecule has 2 aromatic carbocycles.